The maximum absolute atomic E-state index is 13.1. The van der Waals surface area contributed by atoms with Crippen LogP contribution in [0.15, 0.2) is 34.8 Å². The lowest BCUT2D eigenvalue weighted by Gasteiger charge is -2.09. The molecule has 2 rings (SSSR count). The van der Waals surface area contributed by atoms with Crippen LogP contribution in [0.2, 0.25) is 0 Å². The molecule has 2 aromatic rings. The number of aromatic nitrogens is 1. The molecular weight excluding hydrogens is 329 g/mol. The molecule has 1 N–H and O–H groups in total. The smallest absolute Gasteiger partial charge is 0.358 e. The van der Waals surface area contributed by atoms with Crippen molar-refractivity contribution in [2.45, 2.75) is 13.5 Å². The van der Waals surface area contributed by atoms with E-state index in [1.807, 2.05) is 0 Å². The highest BCUT2D eigenvalue weighted by Gasteiger charge is 2.13. The molecule has 0 aliphatic rings. The van der Waals surface area contributed by atoms with Crippen LogP contribution in [0.5, 0.6) is 5.75 Å². The van der Waals surface area contributed by atoms with Crippen molar-refractivity contribution in [3.63, 3.8) is 0 Å². The Labute approximate surface area is 123 Å². The van der Waals surface area contributed by atoms with Crippen LogP contribution >= 0.6 is 15.9 Å². The fourth-order valence-electron chi connectivity index (χ4n) is 1.60. The Morgan fingerprint density at radius 3 is 2.80 bits per heavy atom. The molecule has 0 radical (unpaired) electrons. The molecule has 0 amide bonds. The Kier molecular flexibility index (Phi) is 4.34. The summed E-state index contributed by atoms with van der Waals surface area (Å²) in [6.45, 7) is 1.83. The maximum Gasteiger partial charge on any atom is 0.358 e. The standard InChI is InChI=1S/C14H11BrFNO3/c1-8-2-5-12(13(17-8)14(18)19)20-7-9-3-4-11(16)10(15)6-9/h2-6H,7H2,1H3,(H,18,19). The molecule has 1 aromatic carbocycles. The molecule has 0 bridgehead atoms. The van der Waals surface area contributed by atoms with Crippen molar-refractivity contribution in [2.24, 2.45) is 0 Å². The topological polar surface area (TPSA) is 59.4 Å². The Morgan fingerprint density at radius 2 is 2.15 bits per heavy atom. The second-order valence-corrected chi connectivity index (χ2v) is 5.00. The minimum absolute atomic E-state index is 0.129. The van der Waals surface area contributed by atoms with E-state index in [9.17, 15) is 9.18 Å². The average Bonchev–Trinajstić information content (AvgIpc) is 2.41. The van der Waals surface area contributed by atoms with E-state index in [0.29, 0.717) is 10.2 Å². The third-order valence-corrected chi connectivity index (χ3v) is 3.19. The third kappa shape index (κ3) is 3.33. The highest BCUT2D eigenvalue weighted by molar-refractivity contribution is 9.10. The van der Waals surface area contributed by atoms with Crippen molar-refractivity contribution >= 4 is 21.9 Å². The fraction of sp³-hybridized carbons (Fsp3) is 0.143. The molecule has 1 aromatic heterocycles. The lowest BCUT2D eigenvalue weighted by atomic mass is 10.2. The van der Waals surface area contributed by atoms with Crippen LogP contribution in [-0.2, 0) is 6.61 Å². The molecular formula is C14H11BrFNO3. The molecule has 0 saturated heterocycles. The number of rotatable bonds is 4. The van der Waals surface area contributed by atoms with Gasteiger partial charge in [-0.1, -0.05) is 6.07 Å². The van der Waals surface area contributed by atoms with E-state index in [4.69, 9.17) is 9.84 Å². The van der Waals surface area contributed by atoms with Gasteiger partial charge < -0.3 is 9.84 Å². The van der Waals surface area contributed by atoms with Crippen LogP contribution in [-0.4, -0.2) is 16.1 Å². The number of benzene rings is 1. The van der Waals surface area contributed by atoms with Gasteiger partial charge in [-0.25, -0.2) is 14.2 Å². The highest BCUT2D eigenvalue weighted by atomic mass is 79.9. The first-order chi connectivity index (χ1) is 9.47. The summed E-state index contributed by atoms with van der Waals surface area (Å²) < 4.78 is 18.9. The van der Waals surface area contributed by atoms with Gasteiger partial charge in [-0.15, -0.1) is 0 Å². The molecule has 104 valence electrons. The predicted octanol–water partition coefficient (Wildman–Crippen LogP) is 3.57. The minimum atomic E-state index is -1.15. The number of hydrogen-bond donors (Lipinski definition) is 1. The SMILES string of the molecule is Cc1ccc(OCc2ccc(F)c(Br)c2)c(C(=O)O)n1. The number of hydrogen-bond acceptors (Lipinski definition) is 3. The van der Waals surface area contributed by atoms with E-state index in [1.54, 1.807) is 31.2 Å². The van der Waals surface area contributed by atoms with Crippen molar-refractivity contribution < 1.29 is 19.0 Å². The Bertz CT molecular complexity index is 661. The van der Waals surface area contributed by atoms with Crippen molar-refractivity contribution in [2.75, 3.05) is 0 Å². The molecule has 0 atom stereocenters. The van der Waals surface area contributed by atoms with Crippen LogP contribution in [0.1, 0.15) is 21.7 Å². The fourth-order valence-corrected chi connectivity index (χ4v) is 2.03. The zero-order valence-electron chi connectivity index (χ0n) is 10.6. The lowest BCUT2D eigenvalue weighted by molar-refractivity contribution is 0.0684. The maximum atomic E-state index is 13.1. The van der Waals surface area contributed by atoms with Crippen molar-refractivity contribution in [1.29, 1.82) is 0 Å². The van der Waals surface area contributed by atoms with Crippen LogP contribution in [0.25, 0.3) is 0 Å². The van der Waals surface area contributed by atoms with Gasteiger partial charge in [0, 0.05) is 5.69 Å². The van der Waals surface area contributed by atoms with Gasteiger partial charge in [0.2, 0.25) is 0 Å². The van der Waals surface area contributed by atoms with E-state index >= 15 is 0 Å². The summed E-state index contributed by atoms with van der Waals surface area (Å²) in [6, 6.07) is 7.69. The first-order valence-corrected chi connectivity index (χ1v) is 6.54. The van der Waals surface area contributed by atoms with Gasteiger partial charge in [0.1, 0.15) is 12.4 Å². The predicted molar refractivity (Wildman–Crippen MR) is 74.4 cm³/mol. The molecule has 20 heavy (non-hydrogen) atoms. The van der Waals surface area contributed by atoms with E-state index in [-0.39, 0.29) is 23.9 Å². The number of carboxylic acid groups (broad SMARTS) is 1. The lowest BCUT2D eigenvalue weighted by Crippen LogP contribution is -2.07. The molecule has 0 aliphatic heterocycles. The van der Waals surface area contributed by atoms with E-state index in [1.165, 1.54) is 6.07 Å². The normalized spacial score (nSPS) is 10.3. The van der Waals surface area contributed by atoms with Gasteiger partial charge in [0.25, 0.3) is 0 Å². The number of nitrogens with zero attached hydrogens (tertiary/aromatic N) is 1. The summed E-state index contributed by atoms with van der Waals surface area (Å²) in [5.41, 5.74) is 1.18. The number of aromatic carboxylic acids is 1. The van der Waals surface area contributed by atoms with Crippen molar-refractivity contribution in [3.05, 3.63) is 57.6 Å². The monoisotopic (exact) mass is 339 g/mol. The van der Waals surface area contributed by atoms with Gasteiger partial charge in [-0.05, 0) is 52.7 Å². The quantitative estimate of drug-likeness (QED) is 0.924. The molecule has 6 heteroatoms. The average molecular weight is 340 g/mol. The molecule has 1 heterocycles. The van der Waals surface area contributed by atoms with E-state index in [2.05, 4.69) is 20.9 Å². The van der Waals surface area contributed by atoms with Crippen LogP contribution < -0.4 is 4.74 Å². The van der Waals surface area contributed by atoms with Gasteiger partial charge >= 0.3 is 5.97 Å². The van der Waals surface area contributed by atoms with Crippen LogP contribution in [0, 0.1) is 12.7 Å². The third-order valence-electron chi connectivity index (χ3n) is 2.58. The number of ether oxygens (including phenoxy) is 1. The molecule has 0 spiro atoms. The van der Waals surface area contributed by atoms with Crippen molar-refractivity contribution in [3.8, 4) is 5.75 Å². The van der Waals surface area contributed by atoms with Gasteiger partial charge in [-0.2, -0.15) is 0 Å². The first kappa shape index (κ1) is 14.5. The van der Waals surface area contributed by atoms with Gasteiger partial charge in [0.15, 0.2) is 11.4 Å². The van der Waals surface area contributed by atoms with E-state index in [0.717, 1.165) is 5.56 Å². The zero-order chi connectivity index (χ0) is 14.7. The largest absolute Gasteiger partial charge is 0.486 e. The second-order valence-electron chi connectivity index (χ2n) is 4.14. The number of carbonyl (C=O) groups is 1. The second kappa shape index (κ2) is 6.00. The summed E-state index contributed by atoms with van der Waals surface area (Å²) in [5, 5.41) is 9.07. The highest BCUT2D eigenvalue weighted by Crippen LogP contribution is 2.21. The van der Waals surface area contributed by atoms with Crippen LogP contribution in [0.4, 0.5) is 4.39 Å². The number of carboxylic acids is 1. The Morgan fingerprint density at radius 1 is 1.40 bits per heavy atom. The number of pyridine rings is 1. The molecule has 0 unspecified atom stereocenters. The number of halogens is 2. The minimum Gasteiger partial charge on any atom is -0.486 e. The summed E-state index contributed by atoms with van der Waals surface area (Å²) in [6.07, 6.45) is 0. The first-order valence-electron chi connectivity index (χ1n) is 5.75. The molecule has 4 nitrogen and oxygen atoms in total. The zero-order valence-corrected chi connectivity index (χ0v) is 12.1. The van der Waals surface area contributed by atoms with Gasteiger partial charge in [0.05, 0.1) is 4.47 Å². The van der Waals surface area contributed by atoms with Crippen LogP contribution in [0.3, 0.4) is 0 Å². The van der Waals surface area contributed by atoms with Crippen molar-refractivity contribution in [1.82, 2.24) is 4.98 Å². The summed E-state index contributed by atoms with van der Waals surface area (Å²) in [4.78, 5) is 15.0. The summed E-state index contributed by atoms with van der Waals surface area (Å²) in [7, 11) is 0. The Hall–Kier alpha value is -1.95. The summed E-state index contributed by atoms with van der Waals surface area (Å²) in [5.74, 6) is -1.33. The van der Waals surface area contributed by atoms with E-state index < -0.39 is 5.97 Å². The van der Waals surface area contributed by atoms with Gasteiger partial charge in [-0.3, -0.25) is 0 Å². The molecule has 0 saturated carbocycles. The Balaban J connectivity index is 2.18. The molecule has 0 aliphatic carbocycles. The molecule has 0 fully saturated rings. The summed E-state index contributed by atoms with van der Waals surface area (Å²) >= 11 is 3.08. The number of aryl methyl sites for hydroxylation is 1.